The third-order valence-corrected chi connectivity index (χ3v) is 5.70. The number of ether oxygens (including phenoxy) is 1. The van der Waals surface area contributed by atoms with Gasteiger partial charge < -0.3 is 10.1 Å². The number of aryl methyl sites for hydroxylation is 2. The zero-order valence-electron chi connectivity index (χ0n) is 13.5. The van der Waals surface area contributed by atoms with Gasteiger partial charge in [-0.3, -0.25) is 4.79 Å². The van der Waals surface area contributed by atoms with Crippen molar-refractivity contribution in [2.75, 3.05) is 0 Å². The van der Waals surface area contributed by atoms with Crippen LogP contribution in [0.25, 0.3) is 10.4 Å². The number of carbonyl (C=O) groups is 2. The molecule has 2 aliphatic rings. The molecule has 4 rings (SSSR count). The van der Waals surface area contributed by atoms with E-state index >= 15 is 0 Å². The molecule has 0 radical (unpaired) electrons. The maximum Gasteiger partial charge on any atom is 0.349 e. The van der Waals surface area contributed by atoms with Crippen LogP contribution in [0.15, 0.2) is 30.3 Å². The lowest BCUT2D eigenvalue weighted by Crippen LogP contribution is -2.36. The van der Waals surface area contributed by atoms with Crippen molar-refractivity contribution in [3.05, 3.63) is 46.3 Å². The summed E-state index contributed by atoms with van der Waals surface area (Å²) in [5.74, 6) is -0.622. The van der Waals surface area contributed by atoms with Gasteiger partial charge in [0.15, 0.2) is 6.10 Å². The van der Waals surface area contributed by atoms with Crippen molar-refractivity contribution in [1.82, 2.24) is 5.32 Å². The van der Waals surface area contributed by atoms with Gasteiger partial charge in [-0.15, -0.1) is 11.3 Å². The number of carbonyl (C=O) groups excluding carboxylic acids is 2. The number of benzene rings is 1. The highest BCUT2D eigenvalue weighted by Crippen LogP contribution is 2.39. The van der Waals surface area contributed by atoms with Crippen LogP contribution in [0.3, 0.4) is 0 Å². The number of hydrogen-bond acceptors (Lipinski definition) is 4. The predicted octanol–water partition coefficient (Wildman–Crippen LogP) is 3.34. The average Bonchev–Trinajstić information content (AvgIpc) is 3.28. The van der Waals surface area contributed by atoms with Gasteiger partial charge in [0.1, 0.15) is 4.88 Å². The summed E-state index contributed by atoms with van der Waals surface area (Å²) in [7, 11) is 0. The molecule has 2 aromatic rings. The summed E-state index contributed by atoms with van der Waals surface area (Å²) >= 11 is 1.46. The van der Waals surface area contributed by atoms with Crippen LogP contribution in [-0.2, 0) is 22.4 Å². The number of esters is 1. The Morgan fingerprint density at radius 1 is 1.21 bits per heavy atom. The standard InChI is InChI=1S/C19H19NO3S/c1-11(18(21)20-14-8-9-14)23-19(22)16-10-13-7-6-12-4-2-3-5-15(12)17(13)24-16/h2-5,10-11,14H,6-9H2,1H3,(H,20,21)/t11-/m0/s1. The largest absolute Gasteiger partial charge is 0.448 e. The van der Waals surface area contributed by atoms with Crippen molar-refractivity contribution in [2.45, 2.75) is 44.8 Å². The van der Waals surface area contributed by atoms with Gasteiger partial charge in [0.25, 0.3) is 5.91 Å². The van der Waals surface area contributed by atoms with Crippen molar-refractivity contribution in [2.24, 2.45) is 0 Å². The second-order valence-corrected chi connectivity index (χ2v) is 7.50. The van der Waals surface area contributed by atoms with Crippen LogP contribution in [0.1, 0.15) is 40.6 Å². The Morgan fingerprint density at radius 3 is 2.75 bits per heavy atom. The summed E-state index contributed by atoms with van der Waals surface area (Å²) < 4.78 is 5.35. The maximum atomic E-state index is 12.4. The highest BCUT2D eigenvalue weighted by atomic mass is 32.1. The van der Waals surface area contributed by atoms with E-state index in [2.05, 4.69) is 17.4 Å². The van der Waals surface area contributed by atoms with Gasteiger partial charge in [0.2, 0.25) is 0 Å². The van der Waals surface area contributed by atoms with E-state index in [9.17, 15) is 9.59 Å². The zero-order chi connectivity index (χ0) is 16.7. The first kappa shape index (κ1) is 15.4. The molecule has 1 saturated carbocycles. The number of hydrogen-bond donors (Lipinski definition) is 1. The smallest absolute Gasteiger partial charge is 0.349 e. The lowest BCUT2D eigenvalue weighted by atomic mass is 9.91. The SMILES string of the molecule is C[C@H](OC(=O)c1cc2c(s1)-c1ccccc1CC2)C(=O)NC1CC1. The molecule has 1 atom stereocenters. The fraction of sp³-hybridized carbons (Fsp3) is 0.368. The second-order valence-electron chi connectivity index (χ2n) is 6.45. The van der Waals surface area contributed by atoms with Crippen LogP contribution >= 0.6 is 11.3 Å². The Labute approximate surface area is 144 Å². The van der Waals surface area contributed by atoms with E-state index in [1.165, 1.54) is 28.0 Å². The van der Waals surface area contributed by atoms with E-state index in [-0.39, 0.29) is 11.9 Å². The minimum absolute atomic E-state index is 0.211. The van der Waals surface area contributed by atoms with Gasteiger partial charge in [-0.25, -0.2) is 4.79 Å². The molecule has 1 fully saturated rings. The van der Waals surface area contributed by atoms with E-state index in [1.54, 1.807) is 6.92 Å². The van der Waals surface area contributed by atoms with Crippen molar-refractivity contribution in [1.29, 1.82) is 0 Å². The highest BCUT2D eigenvalue weighted by molar-refractivity contribution is 7.17. The van der Waals surface area contributed by atoms with Gasteiger partial charge >= 0.3 is 5.97 Å². The van der Waals surface area contributed by atoms with E-state index in [0.717, 1.165) is 30.6 Å². The Morgan fingerprint density at radius 2 is 1.96 bits per heavy atom. The molecule has 1 N–H and O–H groups in total. The van der Waals surface area contributed by atoms with Crippen molar-refractivity contribution in [3.8, 4) is 10.4 Å². The Hall–Kier alpha value is -2.14. The molecule has 0 saturated heterocycles. The summed E-state index contributed by atoms with van der Waals surface area (Å²) in [6.07, 6.45) is 3.21. The van der Waals surface area contributed by atoms with Crippen molar-refractivity contribution in [3.63, 3.8) is 0 Å². The van der Waals surface area contributed by atoms with Gasteiger partial charge in [-0.1, -0.05) is 24.3 Å². The summed E-state index contributed by atoms with van der Waals surface area (Å²) in [6.45, 7) is 1.62. The monoisotopic (exact) mass is 341 g/mol. The molecule has 2 aliphatic carbocycles. The molecule has 4 nitrogen and oxygen atoms in total. The first-order valence-corrected chi connectivity index (χ1v) is 9.16. The lowest BCUT2D eigenvalue weighted by Gasteiger charge is -2.15. The molecular formula is C19H19NO3S. The molecule has 1 heterocycles. The lowest BCUT2D eigenvalue weighted by molar-refractivity contribution is -0.129. The third kappa shape index (κ3) is 2.96. The first-order valence-electron chi connectivity index (χ1n) is 8.34. The van der Waals surface area contributed by atoms with Gasteiger partial charge in [0, 0.05) is 10.9 Å². The molecule has 1 aromatic heterocycles. The molecule has 0 bridgehead atoms. The number of rotatable bonds is 4. The van der Waals surface area contributed by atoms with Crippen LogP contribution in [0.4, 0.5) is 0 Å². The van der Waals surface area contributed by atoms with Crippen LogP contribution in [-0.4, -0.2) is 24.0 Å². The number of nitrogens with one attached hydrogen (secondary N) is 1. The van der Waals surface area contributed by atoms with E-state index in [4.69, 9.17) is 4.74 Å². The topological polar surface area (TPSA) is 55.4 Å². The van der Waals surface area contributed by atoms with E-state index < -0.39 is 12.1 Å². The minimum atomic E-state index is -0.760. The normalized spacial score (nSPS) is 16.7. The molecule has 24 heavy (non-hydrogen) atoms. The maximum absolute atomic E-state index is 12.4. The Bertz CT molecular complexity index is 807. The first-order chi connectivity index (χ1) is 11.6. The minimum Gasteiger partial charge on any atom is -0.448 e. The molecule has 1 aromatic carbocycles. The Balaban J connectivity index is 1.50. The molecule has 0 spiro atoms. The number of amides is 1. The van der Waals surface area contributed by atoms with Gasteiger partial charge in [-0.2, -0.15) is 0 Å². The van der Waals surface area contributed by atoms with Gasteiger partial charge in [0.05, 0.1) is 0 Å². The summed E-state index contributed by atoms with van der Waals surface area (Å²) in [5.41, 5.74) is 3.73. The molecule has 0 aliphatic heterocycles. The summed E-state index contributed by atoms with van der Waals surface area (Å²) in [6, 6.07) is 10.5. The van der Waals surface area contributed by atoms with Crippen LogP contribution in [0.2, 0.25) is 0 Å². The summed E-state index contributed by atoms with van der Waals surface area (Å²) in [5, 5.41) is 2.86. The third-order valence-electron chi connectivity index (χ3n) is 4.51. The summed E-state index contributed by atoms with van der Waals surface area (Å²) in [4.78, 5) is 26.1. The fourth-order valence-corrected chi connectivity index (χ4v) is 4.14. The molecular weight excluding hydrogens is 322 g/mol. The average molecular weight is 341 g/mol. The van der Waals surface area contributed by atoms with Gasteiger partial charge in [-0.05, 0) is 55.4 Å². The fourth-order valence-electron chi connectivity index (χ4n) is 2.99. The molecule has 124 valence electrons. The van der Waals surface area contributed by atoms with Crippen molar-refractivity contribution >= 4 is 23.2 Å². The molecule has 5 heteroatoms. The number of thiophene rings is 1. The Kier molecular flexibility index (Phi) is 3.88. The number of fused-ring (bicyclic) bond motifs is 3. The van der Waals surface area contributed by atoms with E-state index in [1.807, 2.05) is 18.2 Å². The zero-order valence-corrected chi connectivity index (χ0v) is 14.3. The van der Waals surface area contributed by atoms with E-state index in [0.29, 0.717) is 4.88 Å². The quantitative estimate of drug-likeness (QED) is 0.868. The van der Waals surface area contributed by atoms with Crippen LogP contribution in [0.5, 0.6) is 0 Å². The molecule has 0 unspecified atom stereocenters. The highest BCUT2D eigenvalue weighted by Gasteiger charge is 2.28. The second kappa shape index (κ2) is 6.06. The van der Waals surface area contributed by atoms with Crippen LogP contribution in [0, 0.1) is 0 Å². The van der Waals surface area contributed by atoms with Crippen molar-refractivity contribution < 1.29 is 14.3 Å². The predicted molar refractivity (Wildman–Crippen MR) is 93.2 cm³/mol. The van der Waals surface area contributed by atoms with Crippen LogP contribution < -0.4 is 5.32 Å². The molecule has 1 amide bonds.